The van der Waals surface area contributed by atoms with Crippen LogP contribution in [0.15, 0.2) is 18.5 Å². The third-order valence-electron chi connectivity index (χ3n) is 4.70. The summed E-state index contributed by atoms with van der Waals surface area (Å²) in [4.78, 5) is 4.25. The molecule has 1 aliphatic carbocycles. The summed E-state index contributed by atoms with van der Waals surface area (Å²) in [5, 5.41) is 10.4. The van der Waals surface area contributed by atoms with Crippen molar-refractivity contribution in [2.45, 2.75) is 51.6 Å². The van der Waals surface area contributed by atoms with Gasteiger partial charge < -0.3 is 9.84 Å². The second-order valence-electron chi connectivity index (χ2n) is 6.43. The third kappa shape index (κ3) is 2.92. The fraction of sp³-hybridized carbons (Fsp3) is 0.688. The Kier molecular flexibility index (Phi) is 4.14. The second-order valence-corrected chi connectivity index (χ2v) is 6.43. The Balaban J connectivity index is 2.25. The van der Waals surface area contributed by atoms with Crippen molar-refractivity contribution in [2.75, 3.05) is 7.11 Å². The molecule has 0 aromatic carbocycles. The van der Waals surface area contributed by atoms with Crippen molar-refractivity contribution in [2.24, 2.45) is 11.8 Å². The van der Waals surface area contributed by atoms with Crippen LogP contribution < -0.4 is 4.74 Å². The number of pyridine rings is 1. The summed E-state index contributed by atoms with van der Waals surface area (Å²) in [7, 11) is 1.66. The van der Waals surface area contributed by atoms with Crippen molar-refractivity contribution in [1.82, 2.24) is 4.98 Å². The maximum atomic E-state index is 10.4. The molecule has 1 N–H and O–H groups in total. The van der Waals surface area contributed by atoms with Crippen molar-refractivity contribution in [3.63, 3.8) is 0 Å². The molecule has 1 saturated carbocycles. The number of methoxy groups -OCH3 is 1. The predicted molar refractivity (Wildman–Crippen MR) is 76.3 cm³/mol. The highest BCUT2D eigenvalue weighted by Crippen LogP contribution is 2.42. The summed E-state index contributed by atoms with van der Waals surface area (Å²) >= 11 is 0. The number of ether oxygens (including phenoxy) is 1. The smallest absolute Gasteiger partial charge is 0.137 e. The monoisotopic (exact) mass is 263 g/mol. The fourth-order valence-electron chi connectivity index (χ4n) is 3.29. The topological polar surface area (TPSA) is 42.4 Å². The Morgan fingerprint density at radius 1 is 1.32 bits per heavy atom. The lowest BCUT2D eigenvalue weighted by atomic mass is 9.65. The Morgan fingerprint density at radius 2 is 2.05 bits per heavy atom. The van der Waals surface area contributed by atoms with Crippen LogP contribution in [0.4, 0.5) is 0 Å². The maximum absolute atomic E-state index is 10.4. The minimum atomic E-state index is -0.218. The van der Waals surface area contributed by atoms with Gasteiger partial charge in [0.2, 0.25) is 0 Å². The molecule has 3 unspecified atom stereocenters. The molecule has 0 bridgehead atoms. The molecule has 2 rings (SSSR count). The van der Waals surface area contributed by atoms with Crippen LogP contribution in [-0.4, -0.2) is 23.3 Å². The van der Waals surface area contributed by atoms with Crippen LogP contribution in [0.5, 0.6) is 5.75 Å². The molecule has 1 heterocycles. The van der Waals surface area contributed by atoms with E-state index in [1.165, 1.54) is 6.42 Å². The molecule has 0 radical (unpaired) electrons. The molecule has 1 aromatic rings. The number of aromatic nitrogens is 1. The first-order valence-electron chi connectivity index (χ1n) is 7.12. The van der Waals surface area contributed by atoms with E-state index in [1.807, 2.05) is 12.3 Å². The summed E-state index contributed by atoms with van der Waals surface area (Å²) in [6.45, 7) is 6.63. The average molecular weight is 263 g/mol. The number of hydrogen-bond donors (Lipinski definition) is 1. The molecule has 0 spiro atoms. The predicted octanol–water partition coefficient (Wildman–Crippen LogP) is 3.16. The van der Waals surface area contributed by atoms with Gasteiger partial charge in [0, 0.05) is 6.20 Å². The van der Waals surface area contributed by atoms with Gasteiger partial charge in [-0.3, -0.25) is 4.98 Å². The molecule has 0 aliphatic heterocycles. The number of nitrogens with zero attached hydrogens (tertiary/aromatic N) is 1. The van der Waals surface area contributed by atoms with Gasteiger partial charge in [0.1, 0.15) is 5.75 Å². The molecule has 0 amide bonds. The molecule has 19 heavy (non-hydrogen) atoms. The van der Waals surface area contributed by atoms with E-state index in [9.17, 15) is 5.11 Å². The highest BCUT2D eigenvalue weighted by Gasteiger charge is 2.39. The Labute approximate surface area is 116 Å². The molecule has 1 aliphatic rings. The lowest BCUT2D eigenvalue weighted by Gasteiger charge is -2.42. The number of aliphatic hydroxyl groups is 1. The van der Waals surface area contributed by atoms with Crippen LogP contribution in [0.3, 0.4) is 0 Å². The van der Waals surface area contributed by atoms with E-state index in [4.69, 9.17) is 4.74 Å². The molecular weight excluding hydrogens is 238 g/mol. The minimum absolute atomic E-state index is 0.0822. The van der Waals surface area contributed by atoms with Crippen molar-refractivity contribution in [3.8, 4) is 5.75 Å². The van der Waals surface area contributed by atoms with Gasteiger partial charge in [0.15, 0.2) is 0 Å². The first-order valence-corrected chi connectivity index (χ1v) is 7.12. The Hall–Kier alpha value is -1.09. The van der Waals surface area contributed by atoms with E-state index < -0.39 is 0 Å². The average Bonchev–Trinajstić information content (AvgIpc) is 2.38. The van der Waals surface area contributed by atoms with Crippen molar-refractivity contribution < 1.29 is 9.84 Å². The zero-order chi connectivity index (χ0) is 14.0. The van der Waals surface area contributed by atoms with Crippen LogP contribution in [-0.2, 0) is 5.41 Å². The van der Waals surface area contributed by atoms with E-state index in [1.54, 1.807) is 13.3 Å². The van der Waals surface area contributed by atoms with Crippen LogP contribution >= 0.6 is 0 Å². The van der Waals surface area contributed by atoms with Crippen LogP contribution in [0.2, 0.25) is 0 Å². The molecule has 0 saturated heterocycles. The molecule has 3 nitrogen and oxygen atoms in total. The Bertz CT molecular complexity index is 431. The SMILES string of the molecule is COc1cncc(C(C)(C)C2CCC(C)CC2O)c1. The lowest BCUT2D eigenvalue weighted by Crippen LogP contribution is -2.41. The first kappa shape index (κ1) is 14.3. The lowest BCUT2D eigenvalue weighted by molar-refractivity contribution is 0.0142. The number of rotatable bonds is 3. The number of hydrogen-bond acceptors (Lipinski definition) is 3. The first-order chi connectivity index (χ1) is 8.95. The van der Waals surface area contributed by atoms with E-state index in [0.717, 1.165) is 24.2 Å². The normalized spacial score (nSPS) is 28.2. The van der Waals surface area contributed by atoms with E-state index in [-0.39, 0.29) is 17.4 Å². The van der Waals surface area contributed by atoms with Gasteiger partial charge in [-0.25, -0.2) is 0 Å². The largest absolute Gasteiger partial charge is 0.495 e. The molecule has 3 heteroatoms. The zero-order valence-corrected chi connectivity index (χ0v) is 12.4. The fourth-order valence-corrected chi connectivity index (χ4v) is 3.29. The van der Waals surface area contributed by atoms with Gasteiger partial charge in [-0.15, -0.1) is 0 Å². The standard InChI is InChI=1S/C16H25NO2/c1-11-5-6-14(15(18)7-11)16(2,3)12-8-13(19-4)10-17-9-12/h8-11,14-15,18H,5-7H2,1-4H3. The zero-order valence-electron chi connectivity index (χ0n) is 12.4. The van der Waals surface area contributed by atoms with Crippen LogP contribution in [0.1, 0.15) is 45.6 Å². The van der Waals surface area contributed by atoms with Crippen molar-refractivity contribution >= 4 is 0 Å². The third-order valence-corrected chi connectivity index (χ3v) is 4.70. The second kappa shape index (κ2) is 5.49. The van der Waals surface area contributed by atoms with Gasteiger partial charge in [0.05, 0.1) is 19.4 Å². The summed E-state index contributed by atoms with van der Waals surface area (Å²) in [5.41, 5.74) is 1.06. The summed E-state index contributed by atoms with van der Waals surface area (Å²) in [6.07, 6.45) is 6.58. The van der Waals surface area contributed by atoms with Gasteiger partial charge in [-0.05, 0) is 41.7 Å². The molecule has 1 fully saturated rings. The Morgan fingerprint density at radius 3 is 2.68 bits per heavy atom. The maximum Gasteiger partial charge on any atom is 0.137 e. The summed E-state index contributed by atoms with van der Waals surface area (Å²) in [6, 6.07) is 2.04. The molecule has 106 valence electrons. The highest BCUT2D eigenvalue weighted by molar-refractivity contribution is 5.30. The van der Waals surface area contributed by atoms with E-state index in [2.05, 4.69) is 25.8 Å². The highest BCUT2D eigenvalue weighted by atomic mass is 16.5. The van der Waals surface area contributed by atoms with Crippen LogP contribution in [0.25, 0.3) is 0 Å². The van der Waals surface area contributed by atoms with Gasteiger partial charge >= 0.3 is 0 Å². The van der Waals surface area contributed by atoms with Crippen molar-refractivity contribution in [1.29, 1.82) is 0 Å². The quantitative estimate of drug-likeness (QED) is 0.911. The van der Waals surface area contributed by atoms with Gasteiger partial charge in [-0.2, -0.15) is 0 Å². The molecular formula is C16H25NO2. The minimum Gasteiger partial charge on any atom is -0.495 e. The molecule has 3 atom stereocenters. The molecule has 1 aromatic heterocycles. The summed E-state index contributed by atoms with van der Waals surface area (Å²) in [5.74, 6) is 1.70. The van der Waals surface area contributed by atoms with E-state index >= 15 is 0 Å². The number of aliphatic hydroxyl groups excluding tert-OH is 1. The van der Waals surface area contributed by atoms with E-state index in [0.29, 0.717) is 5.92 Å². The van der Waals surface area contributed by atoms with Gasteiger partial charge in [-0.1, -0.05) is 27.2 Å². The van der Waals surface area contributed by atoms with Crippen LogP contribution in [0, 0.1) is 11.8 Å². The van der Waals surface area contributed by atoms with Crippen molar-refractivity contribution in [3.05, 3.63) is 24.0 Å². The van der Waals surface area contributed by atoms with Gasteiger partial charge in [0.25, 0.3) is 0 Å². The summed E-state index contributed by atoms with van der Waals surface area (Å²) < 4.78 is 5.26.